The van der Waals surface area contributed by atoms with Crippen molar-refractivity contribution < 1.29 is 47.6 Å². The maximum atomic E-state index is 12.7. The molecule has 11 nitrogen and oxygen atoms in total. The van der Waals surface area contributed by atoms with E-state index >= 15 is 0 Å². The Morgan fingerprint density at radius 2 is 1.39 bits per heavy atom. The van der Waals surface area contributed by atoms with Crippen molar-refractivity contribution >= 4 is 24.2 Å². The quantitative estimate of drug-likeness (QED) is 0.0883. The summed E-state index contributed by atoms with van der Waals surface area (Å²) in [6.07, 6.45) is 4.23. The Balaban J connectivity index is 3.14. The molecule has 0 spiro atoms. The van der Waals surface area contributed by atoms with E-state index in [0.29, 0.717) is 24.8 Å². The molecule has 0 bridgehead atoms. The van der Waals surface area contributed by atoms with E-state index in [-0.39, 0.29) is 49.9 Å². The number of carbonyl (C=O) groups excluding carboxylic acids is 4. The van der Waals surface area contributed by atoms with E-state index < -0.39 is 29.9 Å². The molecule has 0 heterocycles. The standard InChI is InChI=1S/C30H47NO10/c1-6-9-12-17-37-28(34)40-24-16-15-23(19-25(24)41-29(35)38-18-13-10-7-2)21-30(31,27(33)36-5)20-22(4)39-26(32)14-11-8-3/h15-16,19,22H,6-14,17-18,20-21,31H2,1-5H3/t22?,30-/m1/s1. The Hall–Kier alpha value is -3.34. The Morgan fingerprint density at radius 1 is 0.829 bits per heavy atom. The number of nitrogens with two attached hydrogens (primary N) is 1. The van der Waals surface area contributed by atoms with Crippen LogP contribution in [-0.4, -0.2) is 56.2 Å². The van der Waals surface area contributed by atoms with Crippen LogP contribution in [0.3, 0.4) is 0 Å². The highest BCUT2D eigenvalue weighted by Crippen LogP contribution is 2.32. The highest BCUT2D eigenvalue weighted by atomic mass is 16.7. The van der Waals surface area contributed by atoms with Crippen LogP contribution in [0.2, 0.25) is 0 Å². The molecule has 41 heavy (non-hydrogen) atoms. The van der Waals surface area contributed by atoms with Gasteiger partial charge in [-0.2, -0.15) is 0 Å². The Kier molecular flexibility index (Phi) is 17.1. The summed E-state index contributed by atoms with van der Waals surface area (Å²) in [6.45, 7) is 8.04. The van der Waals surface area contributed by atoms with Gasteiger partial charge in [0, 0.05) is 19.3 Å². The van der Waals surface area contributed by atoms with Gasteiger partial charge in [0.15, 0.2) is 11.5 Å². The minimum atomic E-state index is -1.57. The summed E-state index contributed by atoms with van der Waals surface area (Å²) < 4.78 is 31.3. The second-order valence-electron chi connectivity index (χ2n) is 10.0. The van der Waals surface area contributed by atoms with Crippen LogP contribution in [0.4, 0.5) is 9.59 Å². The van der Waals surface area contributed by atoms with Crippen molar-refractivity contribution in [3.63, 3.8) is 0 Å². The van der Waals surface area contributed by atoms with Crippen LogP contribution in [0.1, 0.15) is 97.5 Å². The van der Waals surface area contributed by atoms with Crippen LogP contribution < -0.4 is 15.2 Å². The van der Waals surface area contributed by atoms with Gasteiger partial charge in [-0.05, 0) is 43.9 Å². The Bertz CT molecular complexity index is 967. The molecule has 0 radical (unpaired) electrons. The summed E-state index contributed by atoms with van der Waals surface area (Å²) in [6, 6.07) is 4.41. The molecule has 0 aliphatic rings. The first-order chi connectivity index (χ1) is 19.6. The summed E-state index contributed by atoms with van der Waals surface area (Å²) in [5.41, 5.74) is 5.40. The molecule has 1 aromatic carbocycles. The van der Waals surface area contributed by atoms with Crippen molar-refractivity contribution in [1.29, 1.82) is 0 Å². The molecule has 0 amide bonds. The zero-order valence-electron chi connectivity index (χ0n) is 25.2. The minimum Gasteiger partial charge on any atom is -0.468 e. The van der Waals surface area contributed by atoms with Crippen molar-refractivity contribution in [3.05, 3.63) is 23.8 Å². The van der Waals surface area contributed by atoms with Gasteiger partial charge >= 0.3 is 24.2 Å². The summed E-state index contributed by atoms with van der Waals surface area (Å²) in [5, 5.41) is 0. The molecule has 11 heteroatoms. The molecule has 2 atom stereocenters. The monoisotopic (exact) mass is 581 g/mol. The molecule has 0 saturated carbocycles. The van der Waals surface area contributed by atoms with Crippen LogP contribution in [0.15, 0.2) is 18.2 Å². The van der Waals surface area contributed by atoms with E-state index in [9.17, 15) is 19.2 Å². The van der Waals surface area contributed by atoms with Crippen LogP contribution in [-0.2, 0) is 35.0 Å². The minimum absolute atomic E-state index is 0.0183. The molecular weight excluding hydrogens is 534 g/mol. The normalized spacial score (nSPS) is 12.9. The van der Waals surface area contributed by atoms with Gasteiger partial charge in [-0.3, -0.25) is 9.59 Å². The van der Waals surface area contributed by atoms with Crippen molar-refractivity contribution in [3.8, 4) is 11.5 Å². The van der Waals surface area contributed by atoms with Crippen molar-refractivity contribution in [2.75, 3.05) is 20.3 Å². The van der Waals surface area contributed by atoms with E-state index in [2.05, 4.69) is 0 Å². The molecule has 1 aromatic rings. The lowest BCUT2D eigenvalue weighted by Gasteiger charge is -2.29. The SMILES string of the molecule is CCCCCOC(=O)Oc1ccc(C[C@](N)(CC(C)OC(=O)CCCC)C(=O)OC)cc1OC(=O)OCCCCC. The van der Waals surface area contributed by atoms with Gasteiger partial charge in [0.05, 0.1) is 20.3 Å². The number of rotatable bonds is 19. The molecule has 0 aromatic heterocycles. The Morgan fingerprint density at radius 3 is 1.93 bits per heavy atom. The first-order valence-electron chi connectivity index (χ1n) is 14.5. The molecule has 232 valence electrons. The number of carbonyl (C=O) groups is 4. The number of methoxy groups -OCH3 is 1. The molecule has 0 fully saturated rings. The lowest BCUT2D eigenvalue weighted by atomic mass is 9.86. The summed E-state index contributed by atoms with van der Waals surface area (Å²) in [4.78, 5) is 49.4. The highest BCUT2D eigenvalue weighted by Gasteiger charge is 2.38. The summed E-state index contributed by atoms with van der Waals surface area (Å²) in [5.74, 6) is -1.26. The lowest BCUT2D eigenvalue weighted by molar-refractivity contribution is -0.155. The van der Waals surface area contributed by atoms with E-state index in [4.69, 9.17) is 34.2 Å². The number of hydrogen-bond donors (Lipinski definition) is 1. The van der Waals surface area contributed by atoms with E-state index in [1.165, 1.54) is 19.2 Å². The molecule has 0 saturated heterocycles. The molecule has 1 rings (SSSR count). The Labute approximate surface area is 243 Å². The first kappa shape index (κ1) is 35.7. The second kappa shape index (κ2) is 19.7. The summed E-state index contributed by atoms with van der Waals surface area (Å²) >= 11 is 0. The number of ether oxygens (including phenoxy) is 6. The van der Waals surface area contributed by atoms with E-state index in [1.54, 1.807) is 13.0 Å². The first-order valence-corrected chi connectivity index (χ1v) is 14.5. The molecular formula is C30H47NO10. The predicted molar refractivity (Wildman–Crippen MR) is 152 cm³/mol. The zero-order chi connectivity index (χ0) is 30.7. The van der Waals surface area contributed by atoms with Gasteiger partial charge in [0.2, 0.25) is 0 Å². The van der Waals surface area contributed by atoms with Crippen LogP contribution in [0, 0.1) is 0 Å². The van der Waals surface area contributed by atoms with Crippen molar-refractivity contribution in [2.24, 2.45) is 5.73 Å². The summed E-state index contributed by atoms with van der Waals surface area (Å²) in [7, 11) is 1.22. The topological polar surface area (TPSA) is 150 Å². The number of esters is 2. The predicted octanol–water partition coefficient (Wildman–Crippen LogP) is 6.02. The average Bonchev–Trinajstić information content (AvgIpc) is 2.93. The van der Waals surface area contributed by atoms with E-state index in [0.717, 1.165) is 32.1 Å². The number of unbranched alkanes of at least 4 members (excludes halogenated alkanes) is 5. The highest BCUT2D eigenvalue weighted by molar-refractivity contribution is 5.81. The van der Waals surface area contributed by atoms with Gasteiger partial charge < -0.3 is 34.2 Å². The third-order valence-corrected chi connectivity index (χ3v) is 6.16. The molecule has 2 N–H and O–H groups in total. The van der Waals surface area contributed by atoms with Gasteiger partial charge in [-0.15, -0.1) is 0 Å². The fourth-order valence-corrected chi connectivity index (χ4v) is 4.03. The molecule has 0 aliphatic carbocycles. The van der Waals surface area contributed by atoms with Gasteiger partial charge in [-0.25, -0.2) is 9.59 Å². The number of benzene rings is 1. The third kappa shape index (κ3) is 14.2. The fraction of sp³-hybridized carbons (Fsp3) is 0.667. The second-order valence-corrected chi connectivity index (χ2v) is 10.0. The molecule has 1 unspecified atom stereocenters. The van der Waals surface area contributed by atoms with Gasteiger partial charge in [0.1, 0.15) is 11.6 Å². The van der Waals surface area contributed by atoms with E-state index in [1.807, 2.05) is 20.8 Å². The van der Waals surface area contributed by atoms with Crippen LogP contribution in [0.25, 0.3) is 0 Å². The zero-order valence-corrected chi connectivity index (χ0v) is 25.2. The maximum Gasteiger partial charge on any atom is 0.513 e. The smallest absolute Gasteiger partial charge is 0.468 e. The fourth-order valence-electron chi connectivity index (χ4n) is 4.03. The van der Waals surface area contributed by atoms with Gasteiger partial charge in [0.25, 0.3) is 0 Å². The lowest BCUT2D eigenvalue weighted by Crippen LogP contribution is -2.53. The number of hydrogen-bond acceptors (Lipinski definition) is 11. The molecule has 0 aliphatic heterocycles. The largest absolute Gasteiger partial charge is 0.513 e. The van der Waals surface area contributed by atoms with Gasteiger partial charge in [-0.1, -0.05) is 58.9 Å². The maximum absolute atomic E-state index is 12.7. The van der Waals surface area contributed by atoms with Crippen LogP contribution in [0.5, 0.6) is 11.5 Å². The third-order valence-electron chi connectivity index (χ3n) is 6.16. The van der Waals surface area contributed by atoms with Crippen molar-refractivity contribution in [1.82, 2.24) is 0 Å². The average molecular weight is 582 g/mol. The van der Waals surface area contributed by atoms with Crippen molar-refractivity contribution in [2.45, 2.75) is 110 Å². The van der Waals surface area contributed by atoms with Crippen LogP contribution >= 0.6 is 0 Å².